The van der Waals surface area contributed by atoms with Crippen molar-refractivity contribution in [1.82, 2.24) is 0 Å². The van der Waals surface area contributed by atoms with Crippen LogP contribution in [0, 0.1) is 6.92 Å². The van der Waals surface area contributed by atoms with Crippen LogP contribution in [0.2, 0.25) is 0 Å². The first-order valence-electron chi connectivity index (χ1n) is 5.26. The van der Waals surface area contributed by atoms with E-state index < -0.39 is 0 Å². The Balaban J connectivity index is 2.69. The third kappa shape index (κ3) is 3.24. The number of hydrogen-bond acceptors (Lipinski definition) is 4. The van der Waals surface area contributed by atoms with Gasteiger partial charge in [-0.3, -0.25) is 0 Å². The van der Waals surface area contributed by atoms with Crippen LogP contribution in [0.4, 0.5) is 0 Å². The van der Waals surface area contributed by atoms with Crippen molar-refractivity contribution in [2.75, 3.05) is 13.2 Å². The van der Waals surface area contributed by atoms with Crippen LogP contribution in [0.25, 0.3) is 0 Å². The largest absolute Gasteiger partial charge is 0.481 e. The monoisotopic (exact) mass is 223 g/mol. The molecule has 0 bridgehead atoms. The second-order valence-electron chi connectivity index (χ2n) is 3.36. The molecule has 0 radical (unpaired) electrons. The third-order valence-corrected chi connectivity index (χ3v) is 2.15. The highest BCUT2D eigenvalue weighted by molar-refractivity contribution is 5.71. The van der Waals surface area contributed by atoms with Gasteiger partial charge < -0.3 is 15.2 Å². The Kier molecular flexibility index (Phi) is 4.79. The van der Waals surface area contributed by atoms with Crippen LogP contribution in [0.15, 0.2) is 18.2 Å². The summed E-state index contributed by atoms with van der Waals surface area (Å²) in [7, 11) is 0. The second kappa shape index (κ2) is 6.12. The van der Waals surface area contributed by atoms with E-state index in [-0.39, 0.29) is 12.6 Å². The SMILES string of the molecule is CCOC(=O)COc1c(C)cccc1CN. The number of carbonyl (C=O) groups is 1. The van der Waals surface area contributed by atoms with Gasteiger partial charge in [-0.2, -0.15) is 0 Å². The standard InChI is InChI=1S/C12H17NO3/c1-3-15-11(14)8-16-12-9(2)5-4-6-10(12)7-13/h4-6H,3,7-8,13H2,1-2H3. The maximum Gasteiger partial charge on any atom is 0.344 e. The van der Waals surface area contributed by atoms with Gasteiger partial charge in [0.2, 0.25) is 0 Å². The zero-order chi connectivity index (χ0) is 12.0. The first-order chi connectivity index (χ1) is 7.69. The molecule has 0 spiro atoms. The summed E-state index contributed by atoms with van der Waals surface area (Å²) < 4.78 is 10.2. The average molecular weight is 223 g/mol. The van der Waals surface area contributed by atoms with E-state index in [1.54, 1.807) is 6.92 Å². The number of aryl methyl sites for hydroxylation is 1. The van der Waals surface area contributed by atoms with E-state index in [0.717, 1.165) is 11.1 Å². The average Bonchev–Trinajstić information content (AvgIpc) is 2.27. The highest BCUT2D eigenvalue weighted by Crippen LogP contribution is 2.22. The van der Waals surface area contributed by atoms with Gasteiger partial charge >= 0.3 is 5.97 Å². The molecule has 0 aliphatic heterocycles. The summed E-state index contributed by atoms with van der Waals surface area (Å²) in [4.78, 5) is 11.1. The quantitative estimate of drug-likeness (QED) is 0.766. The molecule has 0 aliphatic rings. The van der Waals surface area contributed by atoms with E-state index in [2.05, 4.69) is 0 Å². The number of nitrogens with two attached hydrogens (primary N) is 1. The van der Waals surface area contributed by atoms with Crippen molar-refractivity contribution in [2.45, 2.75) is 20.4 Å². The number of benzene rings is 1. The van der Waals surface area contributed by atoms with E-state index in [1.165, 1.54) is 0 Å². The summed E-state index contributed by atoms with van der Waals surface area (Å²) in [5, 5.41) is 0. The van der Waals surface area contributed by atoms with E-state index in [9.17, 15) is 4.79 Å². The second-order valence-corrected chi connectivity index (χ2v) is 3.36. The van der Waals surface area contributed by atoms with Gasteiger partial charge in [0.1, 0.15) is 5.75 Å². The smallest absolute Gasteiger partial charge is 0.344 e. The molecule has 0 aromatic heterocycles. The van der Waals surface area contributed by atoms with E-state index in [1.807, 2.05) is 25.1 Å². The Morgan fingerprint density at radius 2 is 2.19 bits per heavy atom. The minimum Gasteiger partial charge on any atom is -0.481 e. The topological polar surface area (TPSA) is 61.5 Å². The summed E-state index contributed by atoms with van der Waals surface area (Å²) in [5.41, 5.74) is 7.45. The molecule has 2 N–H and O–H groups in total. The lowest BCUT2D eigenvalue weighted by Crippen LogP contribution is -2.16. The van der Waals surface area contributed by atoms with Gasteiger partial charge in [0.05, 0.1) is 6.61 Å². The summed E-state index contributed by atoms with van der Waals surface area (Å²) in [6.07, 6.45) is 0. The Hall–Kier alpha value is -1.55. The normalized spacial score (nSPS) is 9.94. The molecule has 0 heterocycles. The first-order valence-corrected chi connectivity index (χ1v) is 5.26. The minimum atomic E-state index is -0.367. The molecule has 0 atom stereocenters. The molecule has 1 aromatic rings. The van der Waals surface area contributed by atoms with Crippen LogP contribution < -0.4 is 10.5 Å². The van der Waals surface area contributed by atoms with Crippen molar-refractivity contribution in [1.29, 1.82) is 0 Å². The molecule has 4 nitrogen and oxygen atoms in total. The lowest BCUT2D eigenvalue weighted by atomic mass is 10.1. The van der Waals surface area contributed by atoms with Crippen molar-refractivity contribution in [3.8, 4) is 5.75 Å². The van der Waals surface area contributed by atoms with Crippen molar-refractivity contribution < 1.29 is 14.3 Å². The Morgan fingerprint density at radius 1 is 1.44 bits per heavy atom. The molecule has 1 aromatic carbocycles. The summed E-state index contributed by atoms with van der Waals surface area (Å²) in [6, 6.07) is 5.71. The minimum absolute atomic E-state index is 0.0777. The summed E-state index contributed by atoms with van der Waals surface area (Å²) in [6.45, 7) is 4.35. The maximum atomic E-state index is 11.1. The number of para-hydroxylation sites is 1. The molecular formula is C12H17NO3. The first kappa shape index (κ1) is 12.5. The summed E-state index contributed by atoms with van der Waals surface area (Å²) >= 11 is 0. The third-order valence-electron chi connectivity index (χ3n) is 2.15. The van der Waals surface area contributed by atoms with Crippen molar-refractivity contribution in [3.63, 3.8) is 0 Å². The fraction of sp³-hybridized carbons (Fsp3) is 0.417. The van der Waals surface area contributed by atoms with Crippen LogP contribution in [0.3, 0.4) is 0 Å². The lowest BCUT2D eigenvalue weighted by molar-refractivity contribution is -0.145. The predicted molar refractivity (Wildman–Crippen MR) is 61.2 cm³/mol. The lowest BCUT2D eigenvalue weighted by Gasteiger charge is -2.12. The van der Waals surface area contributed by atoms with Gasteiger partial charge in [-0.05, 0) is 19.4 Å². The molecular weight excluding hydrogens is 206 g/mol. The Morgan fingerprint density at radius 3 is 2.81 bits per heavy atom. The van der Waals surface area contributed by atoms with Gasteiger partial charge in [0.25, 0.3) is 0 Å². The molecule has 16 heavy (non-hydrogen) atoms. The molecule has 0 saturated heterocycles. The number of rotatable bonds is 5. The van der Waals surface area contributed by atoms with Gasteiger partial charge in [0.15, 0.2) is 6.61 Å². The van der Waals surface area contributed by atoms with Gasteiger partial charge in [-0.25, -0.2) is 4.79 Å². The van der Waals surface area contributed by atoms with Gasteiger partial charge in [-0.1, -0.05) is 18.2 Å². The fourth-order valence-corrected chi connectivity index (χ4v) is 1.41. The van der Waals surface area contributed by atoms with Gasteiger partial charge in [-0.15, -0.1) is 0 Å². The number of carbonyl (C=O) groups excluding carboxylic acids is 1. The van der Waals surface area contributed by atoms with Crippen molar-refractivity contribution >= 4 is 5.97 Å². The van der Waals surface area contributed by atoms with E-state index in [0.29, 0.717) is 18.9 Å². The van der Waals surface area contributed by atoms with Crippen LogP contribution in [-0.2, 0) is 16.1 Å². The highest BCUT2D eigenvalue weighted by Gasteiger charge is 2.08. The zero-order valence-corrected chi connectivity index (χ0v) is 9.66. The van der Waals surface area contributed by atoms with Crippen LogP contribution in [-0.4, -0.2) is 19.2 Å². The predicted octanol–water partition coefficient (Wildman–Crippen LogP) is 1.40. The molecule has 0 saturated carbocycles. The number of hydrogen-bond donors (Lipinski definition) is 1. The van der Waals surface area contributed by atoms with E-state index in [4.69, 9.17) is 15.2 Å². The number of esters is 1. The maximum absolute atomic E-state index is 11.1. The van der Waals surface area contributed by atoms with Crippen LogP contribution in [0.1, 0.15) is 18.1 Å². The molecule has 88 valence electrons. The Bertz CT molecular complexity index is 363. The van der Waals surface area contributed by atoms with Crippen molar-refractivity contribution in [3.05, 3.63) is 29.3 Å². The van der Waals surface area contributed by atoms with E-state index >= 15 is 0 Å². The zero-order valence-electron chi connectivity index (χ0n) is 9.66. The van der Waals surface area contributed by atoms with Crippen LogP contribution >= 0.6 is 0 Å². The Labute approximate surface area is 95.3 Å². The summed E-state index contributed by atoms with van der Waals surface area (Å²) in [5.74, 6) is 0.312. The fourth-order valence-electron chi connectivity index (χ4n) is 1.41. The number of ether oxygens (including phenoxy) is 2. The van der Waals surface area contributed by atoms with Crippen molar-refractivity contribution in [2.24, 2.45) is 5.73 Å². The van der Waals surface area contributed by atoms with Crippen LogP contribution in [0.5, 0.6) is 5.75 Å². The highest BCUT2D eigenvalue weighted by atomic mass is 16.6. The van der Waals surface area contributed by atoms with Gasteiger partial charge in [0, 0.05) is 12.1 Å². The molecule has 1 rings (SSSR count). The molecule has 4 heteroatoms. The molecule has 0 aliphatic carbocycles. The molecule has 0 unspecified atom stereocenters. The molecule has 0 fully saturated rings. The molecule has 0 amide bonds.